The van der Waals surface area contributed by atoms with Crippen molar-refractivity contribution in [3.63, 3.8) is 0 Å². The van der Waals surface area contributed by atoms with Crippen LogP contribution in [-0.4, -0.2) is 62.6 Å². The van der Waals surface area contributed by atoms with Crippen LogP contribution < -0.4 is 10.4 Å². The third-order valence-electron chi connectivity index (χ3n) is 5.88. The highest BCUT2D eigenvalue weighted by Gasteiger charge is 2.51. The largest absolute Gasteiger partial charge is 0.494 e. The van der Waals surface area contributed by atoms with Crippen molar-refractivity contribution in [3.8, 4) is 0 Å². The molecule has 2 saturated heterocycles. The molecule has 0 radical (unpaired) electrons. The molecule has 28 heavy (non-hydrogen) atoms. The van der Waals surface area contributed by atoms with Crippen LogP contribution in [0.4, 0.5) is 5.69 Å². The molecule has 0 N–H and O–H groups in total. The zero-order valence-electron chi connectivity index (χ0n) is 18.6. The van der Waals surface area contributed by atoms with E-state index < -0.39 is 0 Å². The number of hydrogen-bond donors (Lipinski definition) is 0. The monoisotopic (exact) mass is 410 g/mol. The van der Waals surface area contributed by atoms with Gasteiger partial charge in [0.1, 0.15) is 0 Å². The normalized spacial score (nSPS) is 26.5. The molecule has 5 nitrogen and oxygen atoms in total. The molecule has 1 aromatic rings. The van der Waals surface area contributed by atoms with Gasteiger partial charge in [-0.2, -0.15) is 0 Å². The minimum absolute atomic E-state index is 0. The quantitative estimate of drug-likeness (QED) is 0.713. The van der Waals surface area contributed by atoms with Crippen molar-refractivity contribution in [2.45, 2.75) is 71.5 Å². The van der Waals surface area contributed by atoms with Crippen LogP contribution in [-0.2, 0) is 20.6 Å². The Balaban J connectivity index is 0.00000280. The summed E-state index contributed by atoms with van der Waals surface area (Å²) in [6.07, 6.45) is 0.479. The first-order chi connectivity index (χ1) is 12.5. The van der Waals surface area contributed by atoms with Crippen molar-refractivity contribution in [2.24, 2.45) is 0 Å². The Morgan fingerprint density at radius 3 is 2.07 bits per heavy atom. The second kappa shape index (κ2) is 8.53. The molecule has 0 spiro atoms. The van der Waals surface area contributed by atoms with Crippen molar-refractivity contribution in [1.82, 2.24) is 4.90 Å². The molecular weight excluding hydrogens is 375 g/mol. The van der Waals surface area contributed by atoms with Crippen LogP contribution >= 0.6 is 12.4 Å². The van der Waals surface area contributed by atoms with E-state index in [1.807, 2.05) is 0 Å². The van der Waals surface area contributed by atoms with Gasteiger partial charge in [0, 0.05) is 25.3 Å². The molecule has 2 aliphatic rings. The van der Waals surface area contributed by atoms with Gasteiger partial charge in [-0.15, -0.1) is 12.4 Å². The van der Waals surface area contributed by atoms with E-state index in [-0.39, 0.29) is 42.9 Å². The van der Waals surface area contributed by atoms with Crippen LogP contribution in [0, 0.1) is 0 Å². The summed E-state index contributed by atoms with van der Waals surface area (Å²) in [5.74, 6) is 0. The second-order valence-corrected chi connectivity index (χ2v) is 9.38. The summed E-state index contributed by atoms with van der Waals surface area (Å²) in [7, 11) is 3.89. The van der Waals surface area contributed by atoms with E-state index in [4.69, 9.17) is 14.0 Å². The highest BCUT2D eigenvalue weighted by Crippen LogP contribution is 2.37. The first kappa shape index (κ1) is 23.5. The highest BCUT2D eigenvalue weighted by molar-refractivity contribution is 6.62. The van der Waals surface area contributed by atoms with Gasteiger partial charge in [0.15, 0.2) is 0 Å². The predicted molar refractivity (Wildman–Crippen MR) is 119 cm³/mol. The third kappa shape index (κ3) is 4.85. The molecule has 0 amide bonds. The number of rotatable bonds is 4. The van der Waals surface area contributed by atoms with E-state index in [2.05, 4.69) is 83.6 Å². The topological polar surface area (TPSA) is 34.2 Å². The number of hydrogen-bond acceptors (Lipinski definition) is 5. The molecule has 2 aliphatic heterocycles. The summed E-state index contributed by atoms with van der Waals surface area (Å²) in [4.78, 5) is 4.66. The standard InChI is InChI=1S/C21H35BN2O3.ClH/c1-15-12-24(13-16(2)25-15)19-10-9-18(11-17(19)14-23(7)8)22-26-20(3,4)21(5,6)27-22;/h9-11,15-16H,12-14H2,1-8H3;1H. The SMILES string of the molecule is CC1CN(c2ccc(B3OC(C)(C)C(C)(C)O3)cc2CN(C)C)CC(C)O1.Cl. The highest BCUT2D eigenvalue weighted by atomic mass is 35.5. The molecule has 1 aromatic carbocycles. The van der Waals surface area contributed by atoms with Gasteiger partial charge in [-0.05, 0) is 72.7 Å². The molecule has 2 fully saturated rings. The lowest BCUT2D eigenvalue weighted by molar-refractivity contribution is -0.00528. The van der Waals surface area contributed by atoms with Crippen LogP contribution in [0.5, 0.6) is 0 Å². The van der Waals surface area contributed by atoms with Crippen molar-refractivity contribution >= 4 is 30.7 Å². The molecule has 3 rings (SSSR count). The summed E-state index contributed by atoms with van der Waals surface area (Å²) in [5.41, 5.74) is 3.02. The number of morpholine rings is 1. The number of anilines is 1. The Bertz CT molecular complexity index is 658. The molecular formula is C21H36BClN2O3. The smallest absolute Gasteiger partial charge is 0.399 e. The van der Waals surface area contributed by atoms with E-state index in [9.17, 15) is 0 Å². The van der Waals surface area contributed by atoms with Crippen LogP contribution in [0.15, 0.2) is 18.2 Å². The van der Waals surface area contributed by atoms with Gasteiger partial charge in [0.25, 0.3) is 0 Å². The maximum Gasteiger partial charge on any atom is 0.494 e. The lowest BCUT2D eigenvalue weighted by atomic mass is 9.78. The summed E-state index contributed by atoms with van der Waals surface area (Å²) in [5, 5.41) is 0. The Kier molecular flexibility index (Phi) is 7.15. The van der Waals surface area contributed by atoms with E-state index in [1.165, 1.54) is 11.3 Å². The minimum Gasteiger partial charge on any atom is -0.399 e. The molecule has 0 aliphatic carbocycles. The molecule has 158 valence electrons. The summed E-state index contributed by atoms with van der Waals surface area (Å²) >= 11 is 0. The third-order valence-corrected chi connectivity index (χ3v) is 5.88. The maximum atomic E-state index is 6.26. The lowest BCUT2D eigenvalue weighted by Crippen LogP contribution is -2.46. The van der Waals surface area contributed by atoms with Crippen LogP contribution in [0.1, 0.15) is 47.1 Å². The van der Waals surface area contributed by atoms with Crippen LogP contribution in [0.3, 0.4) is 0 Å². The zero-order chi connectivity index (χ0) is 20.0. The Morgan fingerprint density at radius 2 is 1.57 bits per heavy atom. The van der Waals surface area contributed by atoms with Crippen LogP contribution in [0.25, 0.3) is 0 Å². The fraction of sp³-hybridized carbons (Fsp3) is 0.714. The van der Waals surface area contributed by atoms with Gasteiger partial charge in [-0.25, -0.2) is 0 Å². The predicted octanol–water partition coefficient (Wildman–Crippen LogP) is 3.08. The average Bonchev–Trinajstić information content (AvgIpc) is 2.73. The minimum atomic E-state index is -0.326. The summed E-state index contributed by atoms with van der Waals surface area (Å²) in [6.45, 7) is 15.4. The van der Waals surface area contributed by atoms with Gasteiger partial charge in [-0.3, -0.25) is 0 Å². The molecule has 0 bridgehead atoms. The number of halogens is 1. The van der Waals surface area contributed by atoms with Gasteiger partial charge < -0.3 is 23.8 Å². The molecule has 0 saturated carbocycles. The lowest BCUT2D eigenvalue weighted by Gasteiger charge is -2.38. The van der Waals surface area contributed by atoms with E-state index in [1.54, 1.807) is 0 Å². The molecule has 2 unspecified atom stereocenters. The van der Waals surface area contributed by atoms with E-state index in [0.29, 0.717) is 0 Å². The number of nitrogens with zero attached hydrogens (tertiary/aromatic N) is 2. The Morgan fingerprint density at radius 1 is 1.04 bits per heavy atom. The Labute approximate surface area is 177 Å². The van der Waals surface area contributed by atoms with Gasteiger partial charge in [0.05, 0.1) is 23.4 Å². The van der Waals surface area contributed by atoms with Crippen LogP contribution in [0.2, 0.25) is 0 Å². The molecule has 2 atom stereocenters. The number of benzene rings is 1. The maximum absolute atomic E-state index is 6.26. The second-order valence-electron chi connectivity index (χ2n) is 9.38. The van der Waals surface area contributed by atoms with Crippen molar-refractivity contribution in [2.75, 3.05) is 32.1 Å². The van der Waals surface area contributed by atoms with E-state index in [0.717, 1.165) is 25.1 Å². The molecule has 2 heterocycles. The fourth-order valence-electron chi connectivity index (χ4n) is 3.88. The average molecular weight is 411 g/mol. The first-order valence-corrected chi connectivity index (χ1v) is 10.0. The summed E-state index contributed by atoms with van der Waals surface area (Å²) < 4.78 is 18.4. The number of ether oxygens (including phenoxy) is 1. The van der Waals surface area contributed by atoms with Crippen molar-refractivity contribution in [1.29, 1.82) is 0 Å². The zero-order valence-corrected chi connectivity index (χ0v) is 19.4. The fourth-order valence-corrected chi connectivity index (χ4v) is 3.88. The first-order valence-electron chi connectivity index (χ1n) is 10.0. The van der Waals surface area contributed by atoms with Crippen molar-refractivity contribution in [3.05, 3.63) is 23.8 Å². The van der Waals surface area contributed by atoms with Gasteiger partial charge in [-0.1, -0.05) is 12.1 Å². The molecule has 0 aromatic heterocycles. The van der Waals surface area contributed by atoms with Gasteiger partial charge in [0.2, 0.25) is 0 Å². The summed E-state index contributed by atoms with van der Waals surface area (Å²) in [6, 6.07) is 6.63. The van der Waals surface area contributed by atoms with E-state index >= 15 is 0 Å². The van der Waals surface area contributed by atoms with Gasteiger partial charge >= 0.3 is 7.12 Å². The molecule has 7 heteroatoms. The van der Waals surface area contributed by atoms with Crippen molar-refractivity contribution < 1.29 is 14.0 Å². The Hall–Kier alpha value is -0.785.